The third kappa shape index (κ3) is 3.48. The number of nitriles is 1. The molecule has 0 radical (unpaired) electrons. The standard InChI is InChI=1S/C11H16N4O/c1-2-9(4-6-16)8-13-11-10(7-12)3-5-14-15-11/h3,5,9,16H,2,4,6,8H2,1H3,(H,13,15). The van der Waals surface area contributed by atoms with Crippen LogP contribution in [0.15, 0.2) is 12.3 Å². The Balaban J connectivity index is 2.56. The van der Waals surface area contributed by atoms with Crippen molar-refractivity contribution in [2.24, 2.45) is 5.92 Å². The van der Waals surface area contributed by atoms with Crippen molar-refractivity contribution in [3.63, 3.8) is 0 Å². The maximum absolute atomic E-state index is 8.86. The van der Waals surface area contributed by atoms with Gasteiger partial charge in [0.15, 0.2) is 5.82 Å². The van der Waals surface area contributed by atoms with Crippen LogP contribution in [-0.4, -0.2) is 28.5 Å². The second-order valence-corrected chi connectivity index (χ2v) is 3.57. The predicted octanol–water partition coefficient (Wildman–Crippen LogP) is 1.17. The van der Waals surface area contributed by atoms with Gasteiger partial charge in [-0.1, -0.05) is 13.3 Å². The summed E-state index contributed by atoms with van der Waals surface area (Å²) in [6.07, 6.45) is 3.23. The molecule has 1 heterocycles. The highest BCUT2D eigenvalue weighted by molar-refractivity contribution is 5.50. The van der Waals surface area contributed by atoms with Crippen molar-refractivity contribution in [3.05, 3.63) is 17.8 Å². The lowest BCUT2D eigenvalue weighted by Crippen LogP contribution is -2.16. The summed E-state index contributed by atoms with van der Waals surface area (Å²) in [5.41, 5.74) is 0.494. The van der Waals surface area contributed by atoms with E-state index in [1.165, 1.54) is 6.20 Å². The van der Waals surface area contributed by atoms with E-state index in [0.717, 1.165) is 12.8 Å². The molecule has 5 heteroatoms. The molecule has 0 aromatic carbocycles. The Morgan fingerprint density at radius 2 is 2.44 bits per heavy atom. The minimum atomic E-state index is 0.186. The average Bonchev–Trinajstić information content (AvgIpc) is 2.34. The lowest BCUT2D eigenvalue weighted by atomic mass is 10.0. The molecular weight excluding hydrogens is 204 g/mol. The van der Waals surface area contributed by atoms with Crippen LogP contribution in [0.25, 0.3) is 0 Å². The van der Waals surface area contributed by atoms with Crippen molar-refractivity contribution in [1.29, 1.82) is 5.26 Å². The second kappa shape index (κ2) is 6.75. The van der Waals surface area contributed by atoms with E-state index in [4.69, 9.17) is 10.4 Å². The Labute approximate surface area is 95.1 Å². The topological polar surface area (TPSA) is 81.8 Å². The van der Waals surface area contributed by atoms with Gasteiger partial charge in [0.25, 0.3) is 0 Å². The van der Waals surface area contributed by atoms with Crippen LogP contribution in [0.4, 0.5) is 5.82 Å². The fourth-order valence-electron chi connectivity index (χ4n) is 1.43. The third-order valence-corrected chi connectivity index (χ3v) is 2.51. The zero-order valence-corrected chi connectivity index (χ0v) is 9.35. The maximum Gasteiger partial charge on any atom is 0.166 e. The van der Waals surface area contributed by atoms with Gasteiger partial charge in [0.1, 0.15) is 6.07 Å². The molecule has 0 bridgehead atoms. The first-order valence-electron chi connectivity index (χ1n) is 5.38. The number of anilines is 1. The molecule has 1 atom stereocenters. The van der Waals surface area contributed by atoms with Gasteiger partial charge in [-0.15, -0.1) is 5.10 Å². The van der Waals surface area contributed by atoms with Crippen LogP contribution in [0.3, 0.4) is 0 Å². The van der Waals surface area contributed by atoms with Crippen LogP contribution in [0.2, 0.25) is 0 Å². The first-order chi connectivity index (χ1) is 7.81. The number of hydrogen-bond acceptors (Lipinski definition) is 5. The number of aromatic nitrogens is 2. The highest BCUT2D eigenvalue weighted by Crippen LogP contribution is 2.12. The molecule has 0 amide bonds. The van der Waals surface area contributed by atoms with E-state index in [1.807, 2.05) is 0 Å². The Morgan fingerprint density at radius 1 is 1.62 bits per heavy atom. The van der Waals surface area contributed by atoms with Crippen molar-refractivity contribution in [2.75, 3.05) is 18.5 Å². The van der Waals surface area contributed by atoms with Crippen molar-refractivity contribution in [1.82, 2.24) is 10.2 Å². The quantitative estimate of drug-likeness (QED) is 0.752. The van der Waals surface area contributed by atoms with E-state index in [2.05, 4.69) is 28.5 Å². The van der Waals surface area contributed by atoms with E-state index < -0.39 is 0 Å². The number of nitrogens with one attached hydrogen (secondary N) is 1. The largest absolute Gasteiger partial charge is 0.396 e. The van der Waals surface area contributed by atoms with Gasteiger partial charge in [-0.25, -0.2) is 0 Å². The van der Waals surface area contributed by atoms with Crippen LogP contribution in [0, 0.1) is 17.2 Å². The van der Waals surface area contributed by atoms with Gasteiger partial charge < -0.3 is 10.4 Å². The lowest BCUT2D eigenvalue weighted by molar-refractivity contribution is 0.258. The number of hydrogen-bond donors (Lipinski definition) is 2. The van der Waals surface area contributed by atoms with Crippen molar-refractivity contribution in [3.8, 4) is 6.07 Å². The van der Waals surface area contributed by atoms with E-state index in [1.54, 1.807) is 6.07 Å². The maximum atomic E-state index is 8.86. The van der Waals surface area contributed by atoms with Crippen molar-refractivity contribution >= 4 is 5.82 Å². The summed E-state index contributed by atoms with van der Waals surface area (Å²) in [7, 11) is 0. The van der Waals surface area contributed by atoms with Crippen molar-refractivity contribution < 1.29 is 5.11 Å². The molecule has 2 N–H and O–H groups in total. The fraction of sp³-hybridized carbons (Fsp3) is 0.545. The Kier molecular flexibility index (Phi) is 5.23. The van der Waals surface area contributed by atoms with Crippen LogP contribution >= 0.6 is 0 Å². The molecule has 86 valence electrons. The van der Waals surface area contributed by atoms with Gasteiger partial charge in [0.2, 0.25) is 0 Å². The normalized spacial score (nSPS) is 11.8. The van der Waals surface area contributed by atoms with Gasteiger partial charge in [-0.2, -0.15) is 10.4 Å². The summed E-state index contributed by atoms with van der Waals surface area (Å²) in [5.74, 6) is 0.903. The summed E-state index contributed by atoms with van der Waals surface area (Å²) in [4.78, 5) is 0. The first-order valence-corrected chi connectivity index (χ1v) is 5.38. The molecule has 0 aliphatic rings. The number of aliphatic hydroxyl groups is 1. The SMILES string of the molecule is CCC(CCO)CNc1nnccc1C#N. The van der Waals surface area contributed by atoms with Gasteiger partial charge in [-0.3, -0.25) is 0 Å². The summed E-state index contributed by atoms with van der Waals surface area (Å²) in [6, 6.07) is 3.68. The van der Waals surface area contributed by atoms with Crippen LogP contribution in [0.5, 0.6) is 0 Å². The summed E-state index contributed by atoms with van der Waals surface area (Å²) < 4.78 is 0. The zero-order valence-electron chi connectivity index (χ0n) is 9.35. The van der Waals surface area contributed by atoms with Gasteiger partial charge in [-0.05, 0) is 18.4 Å². The summed E-state index contributed by atoms with van der Waals surface area (Å²) in [5, 5.41) is 28.4. The number of nitrogens with zero attached hydrogens (tertiary/aromatic N) is 3. The highest BCUT2D eigenvalue weighted by Gasteiger charge is 2.08. The van der Waals surface area contributed by atoms with Crippen LogP contribution in [-0.2, 0) is 0 Å². The minimum Gasteiger partial charge on any atom is -0.396 e. The first kappa shape index (κ1) is 12.4. The summed E-state index contributed by atoms with van der Waals surface area (Å²) >= 11 is 0. The molecule has 1 rings (SSSR count). The molecule has 0 saturated carbocycles. The molecule has 0 saturated heterocycles. The molecule has 0 fully saturated rings. The van der Waals surface area contributed by atoms with Gasteiger partial charge >= 0.3 is 0 Å². The molecular formula is C11H16N4O. The molecule has 1 aromatic rings. The van der Waals surface area contributed by atoms with Crippen LogP contribution < -0.4 is 5.32 Å². The van der Waals surface area contributed by atoms with Gasteiger partial charge in [0, 0.05) is 13.2 Å². The van der Waals surface area contributed by atoms with E-state index in [-0.39, 0.29) is 6.61 Å². The third-order valence-electron chi connectivity index (χ3n) is 2.51. The predicted molar refractivity (Wildman–Crippen MR) is 60.7 cm³/mol. The highest BCUT2D eigenvalue weighted by atomic mass is 16.3. The number of rotatable bonds is 6. The van der Waals surface area contributed by atoms with Gasteiger partial charge in [0.05, 0.1) is 11.8 Å². The second-order valence-electron chi connectivity index (χ2n) is 3.57. The lowest BCUT2D eigenvalue weighted by Gasteiger charge is -2.14. The van der Waals surface area contributed by atoms with E-state index in [0.29, 0.717) is 23.8 Å². The average molecular weight is 220 g/mol. The molecule has 16 heavy (non-hydrogen) atoms. The monoisotopic (exact) mass is 220 g/mol. The molecule has 0 aliphatic carbocycles. The Bertz CT molecular complexity index is 361. The Hall–Kier alpha value is -1.67. The number of aliphatic hydroxyl groups excluding tert-OH is 1. The minimum absolute atomic E-state index is 0.186. The smallest absolute Gasteiger partial charge is 0.166 e. The molecule has 0 spiro atoms. The Morgan fingerprint density at radius 3 is 3.06 bits per heavy atom. The molecule has 1 aromatic heterocycles. The summed E-state index contributed by atoms with van der Waals surface area (Å²) in [6.45, 7) is 2.96. The zero-order chi connectivity index (χ0) is 11.8. The molecule has 0 aliphatic heterocycles. The van der Waals surface area contributed by atoms with Crippen molar-refractivity contribution in [2.45, 2.75) is 19.8 Å². The van der Waals surface area contributed by atoms with E-state index >= 15 is 0 Å². The van der Waals surface area contributed by atoms with E-state index in [9.17, 15) is 0 Å². The van der Waals surface area contributed by atoms with Crippen LogP contribution in [0.1, 0.15) is 25.3 Å². The fourth-order valence-corrected chi connectivity index (χ4v) is 1.43. The molecule has 1 unspecified atom stereocenters. The molecule has 5 nitrogen and oxygen atoms in total.